The van der Waals surface area contributed by atoms with Crippen LogP contribution in [0.25, 0.3) is 11.1 Å². The fourth-order valence-corrected chi connectivity index (χ4v) is 1.39. The highest BCUT2D eigenvalue weighted by molar-refractivity contribution is 5.70. The number of hydrogen-bond acceptors (Lipinski definition) is 2. The van der Waals surface area contributed by atoms with E-state index in [9.17, 15) is 9.50 Å². The van der Waals surface area contributed by atoms with Crippen LogP contribution in [-0.2, 0) is 0 Å². The minimum atomic E-state index is -0.322. The van der Waals surface area contributed by atoms with Crippen LogP contribution in [0.5, 0.6) is 11.5 Å². The van der Waals surface area contributed by atoms with Gasteiger partial charge in [0.15, 0.2) is 0 Å². The van der Waals surface area contributed by atoms with Crippen LogP contribution >= 0.6 is 0 Å². The molecule has 0 aliphatic rings. The van der Waals surface area contributed by atoms with Crippen molar-refractivity contribution in [3.63, 3.8) is 0 Å². The summed E-state index contributed by atoms with van der Waals surface area (Å²) in [4.78, 5) is 0. The zero-order chi connectivity index (χ0) is 10.8. The van der Waals surface area contributed by atoms with Crippen LogP contribution in [0.1, 0.15) is 0 Å². The predicted molar refractivity (Wildman–Crippen MR) is 55.2 cm³/mol. The molecule has 2 nitrogen and oxygen atoms in total. The van der Waals surface area contributed by atoms with Crippen LogP contribution in [0.3, 0.4) is 0 Å². The van der Waals surface area contributed by atoms with E-state index in [0.29, 0.717) is 11.1 Å². The Morgan fingerprint density at radius 1 is 0.867 bits per heavy atom. The van der Waals surface area contributed by atoms with Crippen LogP contribution in [0.2, 0.25) is 0 Å². The van der Waals surface area contributed by atoms with Gasteiger partial charge in [0, 0.05) is 11.6 Å². The molecule has 0 fully saturated rings. The van der Waals surface area contributed by atoms with Crippen molar-refractivity contribution >= 4 is 0 Å². The summed E-state index contributed by atoms with van der Waals surface area (Å²) < 4.78 is 12.7. The summed E-state index contributed by atoms with van der Waals surface area (Å²) in [5.74, 6) is -0.350. The van der Waals surface area contributed by atoms with Gasteiger partial charge in [0.2, 0.25) is 0 Å². The number of halogens is 1. The molecule has 0 aromatic heterocycles. The van der Waals surface area contributed by atoms with Gasteiger partial charge in [-0.2, -0.15) is 0 Å². The van der Waals surface area contributed by atoms with Crippen molar-refractivity contribution in [2.75, 3.05) is 0 Å². The first-order chi connectivity index (χ1) is 7.16. The molecule has 0 aliphatic carbocycles. The third-order valence-electron chi connectivity index (χ3n) is 2.14. The van der Waals surface area contributed by atoms with E-state index in [0.717, 1.165) is 0 Å². The minimum Gasteiger partial charge on any atom is -0.508 e. The van der Waals surface area contributed by atoms with Gasteiger partial charge in [0.25, 0.3) is 0 Å². The molecule has 2 aromatic carbocycles. The summed E-state index contributed by atoms with van der Waals surface area (Å²) in [7, 11) is 0. The maximum absolute atomic E-state index is 12.7. The van der Waals surface area contributed by atoms with E-state index in [-0.39, 0.29) is 17.3 Å². The second-order valence-electron chi connectivity index (χ2n) is 3.21. The average molecular weight is 204 g/mol. The summed E-state index contributed by atoms with van der Waals surface area (Å²) in [5.41, 5.74) is 1.27. The Kier molecular flexibility index (Phi) is 2.29. The second-order valence-corrected chi connectivity index (χ2v) is 3.21. The Hall–Kier alpha value is -2.03. The summed E-state index contributed by atoms with van der Waals surface area (Å²) in [6.45, 7) is 0. The van der Waals surface area contributed by atoms with Crippen LogP contribution in [0.15, 0.2) is 42.5 Å². The molecule has 2 N–H and O–H groups in total. The van der Waals surface area contributed by atoms with Crippen molar-refractivity contribution in [2.45, 2.75) is 0 Å². The van der Waals surface area contributed by atoms with Crippen molar-refractivity contribution in [3.8, 4) is 22.6 Å². The Labute approximate surface area is 86.2 Å². The first-order valence-electron chi connectivity index (χ1n) is 4.45. The normalized spacial score (nSPS) is 10.2. The predicted octanol–water partition coefficient (Wildman–Crippen LogP) is 2.90. The third kappa shape index (κ3) is 1.91. The topological polar surface area (TPSA) is 40.5 Å². The number of rotatable bonds is 1. The van der Waals surface area contributed by atoms with E-state index >= 15 is 0 Å². The molecule has 0 bridgehead atoms. The zero-order valence-electron chi connectivity index (χ0n) is 7.81. The lowest BCUT2D eigenvalue weighted by atomic mass is 10.0. The number of phenols is 2. The molecular weight excluding hydrogens is 195 g/mol. The van der Waals surface area contributed by atoms with Crippen LogP contribution in [-0.4, -0.2) is 10.2 Å². The van der Waals surface area contributed by atoms with E-state index in [4.69, 9.17) is 5.11 Å². The van der Waals surface area contributed by atoms with Crippen LogP contribution in [0, 0.1) is 5.82 Å². The molecule has 0 saturated carbocycles. The molecule has 0 spiro atoms. The molecular formula is C12H9FO2. The van der Waals surface area contributed by atoms with Gasteiger partial charge >= 0.3 is 0 Å². The molecule has 76 valence electrons. The molecule has 0 saturated heterocycles. The zero-order valence-corrected chi connectivity index (χ0v) is 7.81. The number of aromatic hydroxyl groups is 2. The molecule has 3 heteroatoms. The van der Waals surface area contributed by atoms with E-state index in [2.05, 4.69) is 0 Å². The summed E-state index contributed by atoms with van der Waals surface area (Å²) >= 11 is 0. The first-order valence-corrected chi connectivity index (χ1v) is 4.45. The lowest BCUT2D eigenvalue weighted by molar-refractivity contribution is 0.452. The summed E-state index contributed by atoms with van der Waals surface area (Å²) in [6, 6.07) is 10.1. The third-order valence-corrected chi connectivity index (χ3v) is 2.14. The highest BCUT2D eigenvalue weighted by Crippen LogP contribution is 2.31. The van der Waals surface area contributed by atoms with Crippen molar-refractivity contribution < 1.29 is 14.6 Å². The lowest BCUT2D eigenvalue weighted by Crippen LogP contribution is -1.80. The highest BCUT2D eigenvalue weighted by atomic mass is 19.1. The maximum Gasteiger partial charge on any atom is 0.127 e. The molecule has 2 rings (SSSR count). The van der Waals surface area contributed by atoms with E-state index in [1.165, 1.54) is 24.3 Å². The summed E-state index contributed by atoms with van der Waals surface area (Å²) in [6.07, 6.45) is 0. The van der Waals surface area contributed by atoms with Crippen LogP contribution in [0.4, 0.5) is 4.39 Å². The van der Waals surface area contributed by atoms with Gasteiger partial charge in [-0.1, -0.05) is 12.1 Å². The largest absolute Gasteiger partial charge is 0.508 e. The number of phenolic OH excluding ortho intramolecular Hbond substituents is 2. The summed E-state index contributed by atoms with van der Waals surface area (Å²) in [5, 5.41) is 18.7. The Balaban J connectivity index is 2.49. The number of benzene rings is 2. The van der Waals surface area contributed by atoms with Crippen molar-refractivity contribution in [3.05, 3.63) is 48.3 Å². The molecule has 0 amide bonds. The van der Waals surface area contributed by atoms with E-state index < -0.39 is 0 Å². The number of hydrogen-bond donors (Lipinski definition) is 2. The fraction of sp³-hybridized carbons (Fsp3) is 0. The SMILES string of the molecule is Oc1ccc(-c2ccc(F)cc2)c(O)c1. The smallest absolute Gasteiger partial charge is 0.127 e. The monoisotopic (exact) mass is 204 g/mol. The van der Waals surface area contributed by atoms with Gasteiger partial charge in [-0.25, -0.2) is 4.39 Å². The average Bonchev–Trinajstić information content (AvgIpc) is 2.20. The Morgan fingerprint density at radius 2 is 1.53 bits per heavy atom. The van der Waals surface area contributed by atoms with Crippen LogP contribution < -0.4 is 0 Å². The van der Waals surface area contributed by atoms with Crippen molar-refractivity contribution in [1.29, 1.82) is 0 Å². The highest BCUT2D eigenvalue weighted by Gasteiger charge is 2.04. The molecule has 2 aromatic rings. The lowest BCUT2D eigenvalue weighted by Gasteiger charge is -2.04. The Bertz CT molecular complexity index is 477. The molecule has 0 aliphatic heterocycles. The van der Waals surface area contributed by atoms with Gasteiger partial charge in [-0.15, -0.1) is 0 Å². The van der Waals surface area contributed by atoms with Crippen molar-refractivity contribution in [2.24, 2.45) is 0 Å². The molecule has 0 heterocycles. The fourth-order valence-electron chi connectivity index (χ4n) is 1.39. The maximum atomic E-state index is 12.7. The standard InChI is InChI=1S/C12H9FO2/c13-9-3-1-8(2-4-9)11-6-5-10(14)7-12(11)15/h1-7,14-15H. The van der Waals surface area contributed by atoms with Gasteiger partial charge in [0.1, 0.15) is 17.3 Å². The van der Waals surface area contributed by atoms with Gasteiger partial charge in [-0.05, 0) is 29.8 Å². The molecule has 15 heavy (non-hydrogen) atoms. The van der Waals surface area contributed by atoms with Gasteiger partial charge in [0.05, 0.1) is 0 Å². The Morgan fingerprint density at radius 3 is 2.13 bits per heavy atom. The molecule has 0 unspecified atom stereocenters. The second kappa shape index (κ2) is 3.61. The molecule has 0 radical (unpaired) electrons. The van der Waals surface area contributed by atoms with Gasteiger partial charge in [-0.3, -0.25) is 0 Å². The van der Waals surface area contributed by atoms with E-state index in [1.54, 1.807) is 18.2 Å². The first kappa shape index (κ1) is 9.52. The van der Waals surface area contributed by atoms with E-state index in [1.807, 2.05) is 0 Å². The van der Waals surface area contributed by atoms with Crippen molar-refractivity contribution in [1.82, 2.24) is 0 Å². The minimum absolute atomic E-state index is 0.00152. The molecule has 0 atom stereocenters. The quantitative estimate of drug-likeness (QED) is 0.749. The van der Waals surface area contributed by atoms with Gasteiger partial charge < -0.3 is 10.2 Å².